The van der Waals surface area contributed by atoms with Crippen LogP contribution in [0.3, 0.4) is 0 Å². The Morgan fingerprint density at radius 1 is 1.38 bits per heavy atom. The summed E-state index contributed by atoms with van der Waals surface area (Å²) in [5, 5.41) is 0. The zero-order valence-electron chi connectivity index (χ0n) is 9.52. The van der Waals surface area contributed by atoms with Crippen LogP contribution < -0.4 is 0 Å². The van der Waals surface area contributed by atoms with E-state index in [9.17, 15) is 0 Å². The van der Waals surface area contributed by atoms with Crippen LogP contribution in [0.1, 0.15) is 6.42 Å². The molecule has 74 valence electrons. The third-order valence-electron chi connectivity index (χ3n) is 1.63. The molecule has 0 amide bonds. The third-order valence-corrected chi connectivity index (χ3v) is 2.52. The van der Waals surface area contributed by atoms with Gasteiger partial charge in [-0.25, -0.2) is 0 Å². The quantitative estimate of drug-likeness (QED) is 0.380. The van der Waals surface area contributed by atoms with E-state index < -0.39 is 8.07 Å². The van der Waals surface area contributed by atoms with E-state index in [1.54, 1.807) is 0 Å². The van der Waals surface area contributed by atoms with Gasteiger partial charge in [-0.2, -0.15) is 0 Å². The van der Waals surface area contributed by atoms with Gasteiger partial charge in [0.2, 0.25) is 0 Å². The van der Waals surface area contributed by atoms with Gasteiger partial charge in [-0.1, -0.05) is 31.6 Å². The van der Waals surface area contributed by atoms with Crippen molar-refractivity contribution in [2.45, 2.75) is 32.1 Å². The minimum absolute atomic E-state index is 0.337. The van der Waals surface area contributed by atoms with E-state index in [0.717, 1.165) is 6.42 Å². The van der Waals surface area contributed by atoms with Crippen molar-refractivity contribution in [2.24, 2.45) is 0 Å². The minimum atomic E-state index is -1.22. The molecule has 1 atom stereocenters. The van der Waals surface area contributed by atoms with Gasteiger partial charge in [-0.05, 0) is 20.5 Å². The van der Waals surface area contributed by atoms with Crippen molar-refractivity contribution in [1.82, 2.24) is 4.90 Å². The van der Waals surface area contributed by atoms with Gasteiger partial charge in [0.05, 0.1) is 6.04 Å². The number of rotatable bonds is 3. The van der Waals surface area contributed by atoms with Crippen molar-refractivity contribution in [3.63, 3.8) is 0 Å². The predicted molar refractivity (Wildman–Crippen MR) is 63.4 cm³/mol. The molecule has 0 spiro atoms. The SMILES string of the molecule is C=CCC(C#C[Si](C)(C)C)N(C)C. The van der Waals surface area contributed by atoms with Crippen molar-refractivity contribution < 1.29 is 0 Å². The van der Waals surface area contributed by atoms with Crippen molar-refractivity contribution in [2.75, 3.05) is 14.1 Å². The van der Waals surface area contributed by atoms with Crippen LogP contribution in [0.25, 0.3) is 0 Å². The van der Waals surface area contributed by atoms with E-state index in [-0.39, 0.29) is 0 Å². The first-order valence-electron chi connectivity index (χ1n) is 4.67. The highest BCUT2D eigenvalue weighted by molar-refractivity contribution is 6.83. The molecule has 1 nitrogen and oxygen atoms in total. The summed E-state index contributed by atoms with van der Waals surface area (Å²) < 4.78 is 0. The topological polar surface area (TPSA) is 3.24 Å². The molecule has 13 heavy (non-hydrogen) atoms. The Hall–Kier alpha value is -0.523. The fraction of sp³-hybridized carbons (Fsp3) is 0.636. The summed E-state index contributed by atoms with van der Waals surface area (Å²) in [6.07, 6.45) is 2.88. The summed E-state index contributed by atoms with van der Waals surface area (Å²) in [5.74, 6) is 3.33. The van der Waals surface area contributed by atoms with Crippen LogP contribution in [-0.4, -0.2) is 33.1 Å². The lowest BCUT2D eigenvalue weighted by Crippen LogP contribution is -2.27. The van der Waals surface area contributed by atoms with E-state index in [1.807, 2.05) is 6.08 Å². The molecular weight excluding hydrogens is 174 g/mol. The van der Waals surface area contributed by atoms with Gasteiger partial charge in [0, 0.05) is 0 Å². The van der Waals surface area contributed by atoms with Crippen LogP contribution in [0.5, 0.6) is 0 Å². The first-order chi connectivity index (χ1) is 5.87. The molecule has 0 aromatic carbocycles. The van der Waals surface area contributed by atoms with E-state index >= 15 is 0 Å². The fourth-order valence-electron chi connectivity index (χ4n) is 0.857. The smallest absolute Gasteiger partial charge is 0.129 e. The molecule has 0 saturated carbocycles. The van der Waals surface area contributed by atoms with Crippen molar-refractivity contribution in [3.05, 3.63) is 12.7 Å². The summed E-state index contributed by atoms with van der Waals surface area (Å²) >= 11 is 0. The molecular formula is C11H21NSi. The predicted octanol–water partition coefficient (Wildman–Crippen LogP) is 2.37. The Kier molecular flexibility index (Phi) is 5.05. The van der Waals surface area contributed by atoms with E-state index in [2.05, 4.69) is 56.7 Å². The van der Waals surface area contributed by atoms with E-state index in [0.29, 0.717) is 6.04 Å². The molecule has 0 fully saturated rings. The zero-order chi connectivity index (χ0) is 10.5. The summed E-state index contributed by atoms with van der Waals surface area (Å²) in [6, 6.07) is 0.337. The molecule has 0 saturated heterocycles. The zero-order valence-corrected chi connectivity index (χ0v) is 10.5. The van der Waals surface area contributed by atoms with Crippen LogP contribution in [0.2, 0.25) is 19.6 Å². The molecule has 0 N–H and O–H groups in total. The van der Waals surface area contributed by atoms with Crippen LogP contribution in [-0.2, 0) is 0 Å². The number of nitrogens with zero attached hydrogens (tertiary/aromatic N) is 1. The maximum atomic E-state index is 3.74. The molecule has 0 radical (unpaired) electrons. The van der Waals surface area contributed by atoms with Crippen LogP contribution in [0.4, 0.5) is 0 Å². The molecule has 0 heterocycles. The lowest BCUT2D eigenvalue weighted by atomic mass is 10.2. The monoisotopic (exact) mass is 195 g/mol. The van der Waals surface area contributed by atoms with E-state index in [1.165, 1.54) is 0 Å². The second kappa shape index (κ2) is 5.26. The molecule has 0 aliphatic rings. The first kappa shape index (κ1) is 12.5. The van der Waals surface area contributed by atoms with Crippen LogP contribution >= 0.6 is 0 Å². The lowest BCUT2D eigenvalue weighted by molar-refractivity contribution is 0.355. The molecule has 1 unspecified atom stereocenters. The molecule has 0 aromatic rings. The maximum absolute atomic E-state index is 3.74. The first-order valence-corrected chi connectivity index (χ1v) is 8.17. The summed E-state index contributed by atoms with van der Waals surface area (Å²) in [7, 11) is 2.91. The highest BCUT2D eigenvalue weighted by atomic mass is 28.3. The normalized spacial score (nSPS) is 13.4. The van der Waals surface area contributed by atoms with Gasteiger partial charge in [-0.3, -0.25) is 4.90 Å². The molecule has 0 bridgehead atoms. The molecule has 0 aliphatic carbocycles. The average Bonchev–Trinajstić information content (AvgIpc) is 1.95. The van der Waals surface area contributed by atoms with Crippen molar-refractivity contribution in [1.29, 1.82) is 0 Å². The minimum Gasteiger partial charge on any atom is -0.296 e. The lowest BCUT2D eigenvalue weighted by Gasteiger charge is -2.17. The summed E-state index contributed by atoms with van der Waals surface area (Å²) in [4.78, 5) is 2.15. The van der Waals surface area contributed by atoms with Gasteiger partial charge in [0.1, 0.15) is 8.07 Å². The van der Waals surface area contributed by atoms with Gasteiger partial charge in [0.25, 0.3) is 0 Å². The Morgan fingerprint density at radius 2 is 1.92 bits per heavy atom. The third kappa shape index (κ3) is 6.62. The van der Waals surface area contributed by atoms with Crippen LogP contribution in [0.15, 0.2) is 12.7 Å². The standard InChI is InChI=1S/C11H21NSi/c1-7-8-11(12(2)3)9-10-13(4,5)6/h7,11H,1,8H2,2-6H3. The average molecular weight is 195 g/mol. The molecule has 0 rings (SSSR count). The molecule has 0 aliphatic heterocycles. The Bertz CT molecular complexity index is 214. The Labute approximate surface area is 83.8 Å². The molecule has 2 heteroatoms. The van der Waals surface area contributed by atoms with Gasteiger partial charge in [0.15, 0.2) is 0 Å². The van der Waals surface area contributed by atoms with Gasteiger partial charge < -0.3 is 0 Å². The highest BCUT2D eigenvalue weighted by Gasteiger charge is 2.10. The number of hydrogen-bond acceptors (Lipinski definition) is 1. The summed E-state index contributed by atoms with van der Waals surface area (Å²) in [5.41, 5.74) is 3.39. The van der Waals surface area contributed by atoms with Crippen LogP contribution in [0, 0.1) is 11.5 Å². The van der Waals surface area contributed by atoms with Crippen molar-refractivity contribution in [3.8, 4) is 11.5 Å². The second-order valence-corrected chi connectivity index (χ2v) is 9.27. The number of hydrogen-bond donors (Lipinski definition) is 0. The largest absolute Gasteiger partial charge is 0.296 e. The second-order valence-electron chi connectivity index (χ2n) is 4.52. The van der Waals surface area contributed by atoms with Gasteiger partial charge >= 0.3 is 0 Å². The van der Waals surface area contributed by atoms with Crippen molar-refractivity contribution >= 4 is 8.07 Å². The fourth-order valence-corrected chi connectivity index (χ4v) is 1.46. The molecule has 0 aromatic heterocycles. The highest BCUT2D eigenvalue weighted by Crippen LogP contribution is 2.01. The maximum Gasteiger partial charge on any atom is 0.129 e. The summed E-state index contributed by atoms with van der Waals surface area (Å²) in [6.45, 7) is 10.5. The Morgan fingerprint density at radius 3 is 2.23 bits per heavy atom. The Balaban J connectivity index is 4.38. The van der Waals surface area contributed by atoms with Gasteiger partial charge in [-0.15, -0.1) is 12.1 Å². The van der Waals surface area contributed by atoms with E-state index in [4.69, 9.17) is 0 Å².